The number of hydrazine groups is 1. The molecule has 1 saturated carbocycles. The highest BCUT2D eigenvalue weighted by Gasteiger charge is 2.52. The Morgan fingerprint density at radius 1 is 1.16 bits per heavy atom. The van der Waals surface area contributed by atoms with E-state index in [9.17, 15) is 14.4 Å². The van der Waals surface area contributed by atoms with Crippen LogP contribution >= 0.6 is 0 Å². The molecule has 0 atom stereocenters. The molecule has 2 heterocycles. The minimum atomic E-state index is -0.847. The van der Waals surface area contributed by atoms with Gasteiger partial charge in [0.1, 0.15) is 11.2 Å². The number of hydrogen-bond donors (Lipinski definition) is 3. The molecular weight excluding hydrogens is 320 g/mol. The van der Waals surface area contributed by atoms with E-state index in [4.69, 9.17) is 0 Å². The van der Waals surface area contributed by atoms with Gasteiger partial charge in [-0.3, -0.25) is 15.0 Å². The highest BCUT2D eigenvalue weighted by molar-refractivity contribution is 6.09. The van der Waals surface area contributed by atoms with E-state index in [1.54, 1.807) is 6.07 Å². The molecule has 1 saturated heterocycles. The van der Waals surface area contributed by atoms with E-state index < -0.39 is 17.5 Å². The molecule has 4 amide bonds. The SMILES string of the molecule is Cc1ccc2cc(C(=O)NN3C(=O)NC4(CCCCC4)C3=O)[nH]c2c1. The van der Waals surface area contributed by atoms with Crippen molar-refractivity contribution >= 4 is 28.7 Å². The summed E-state index contributed by atoms with van der Waals surface area (Å²) in [6.07, 6.45) is 4.10. The number of carbonyl (C=O) groups is 3. The molecule has 3 N–H and O–H groups in total. The van der Waals surface area contributed by atoms with Crippen molar-refractivity contribution in [2.24, 2.45) is 0 Å². The lowest BCUT2D eigenvalue weighted by Crippen LogP contribution is -2.51. The van der Waals surface area contributed by atoms with Gasteiger partial charge in [0.05, 0.1) is 0 Å². The van der Waals surface area contributed by atoms with Gasteiger partial charge in [0, 0.05) is 10.9 Å². The van der Waals surface area contributed by atoms with Crippen molar-refractivity contribution in [2.75, 3.05) is 0 Å². The number of imide groups is 1. The van der Waals surface area contributed by atoms with E-state index in [0.717, 1.165) is 40.7 Å². The molecule has 1 aromatic heterocycles. The molecule has 7 nitrogen and oxygen atoms in total. The molecule has 0 radical (unpaired) electrons. The second-order valence-corrected chi connectivity index (χ2v) is 6.93. The van der Waals surface area contributed by atoms with E-state index in [2.05, 4.69) is 15.7 Å². The summed E-state index contributed by atoms with van der Waals surface area (Å²) in [5.41, 5.74) is 3.82. The summed E-state index contributed by atoms with van der Waals surface area (Å²) in [4.78, 5) is 40.4. The van der Waals surface area contributed by atoms with Gasteiger partial charge < -0.3 is 10.3 Å². The van der Waals surface area contributed by atoms with Gasteiger partial charge in [-0.2, -0.15) is 5.01 Å². The Kier molecular flexibility index (Phi) is 3.52. The van der Waals surface area contributed by atoms with Crippen LogP contribution < -0.4 is 10.7 Å². The Hall–Kier alpha value is -2.83. The normalized spacial score (nSPS) is 19.5. The summed E-state index contributed by atoms with van der Waals surface area (Å²) in [6.45, 7) is 1.97. The van der Waals surface area contributed by atoms with Crippen molar-refractivity contribution in [1.29, 1.82) is 0 Å². The fourth-order valence-electron chi connectivity index (χ4n) is 3.74. The van der Waals surface area contributed by atoms with Crippen LogP contribution in [0.3, 0.4) is 0 Å². The van der Waals surface area contributed by atoms with Crippen molar-refractivity contribution in [3.8, 4) is 0 Å². The number of rotatable bonds is 2. The molecule has 7 heteroatoms. The fraction of sp³-hybridized carbons (Fsp3) is 0.389. The van der Waals surface area contributed by atoms with Crippen LogP contribution in [0.5, 0.6) is 0 Å². The number of H-pyrrole nitrogens is 1. The average Bonchev–Trinajstić information content (AvgIpc) is 3.10. The predicted octanol–water partition coefficient (Wildman–Crippen LogP) is 2.38. The Morgan fingerprint density at radius 3 is 2.68 bits per heavy atom. The van der Waals surface area contributed by atoms with Crippen molar-refractivity contribution < 1.29 is 14.4 Å². The van der Waals surface area contributed by atoms with Gasteiger partial charge in [0.2, 0.25) is 0 Å². The highest BCUT2D eigenvalue weighted by atomic mass is 16.2. The summed E-state index contributed by atoms with van der Waals surface area (Å²) in [7, 11) is 0. The van der Waals surface area contributed by atoms with Crippen LogP contribution in [0, 0.1) is 6.92 Å². The van der Waals surface area contributed by atoms with Crippen molar-refractivity contribution in [2.45, 2.75) is 44.6 Å². The number of carbonyl (C=O) groups excluding carboxylic acids is 3. The maximum absolute atomic E-state index is 12.7. The number of hydrogen-bond acceptors (Lipinski definition) is 3. The van der Waals surface area contributed by atoms with E-state index >= 15 is 0 Å². The first kappa shape index (κ1) is 15.7. The van der Waals surface area contributed by atoms with Gasteiger partial charge >= 0.3 is 6.03 Å². The van der Waals surface area contributed by atoms with E-state index in [1.165, 1.54) is 0 Å². The highest BCUT2D eigenvalue weighted by Crippen LogP contribution is 2.33. The predicted molar refractivity (Wildman–Crippen MR) is 91.7 cm³/mol. The number of aryl methyl sites for hydroxylation is 1. The third-order valence-electron chi connectivity index (χ3n) is 5.10. The van der Waals surface area contributed by atoms with E-state index in [-0.39, 0.29) is 5.91 Å². The lowest BCUT2D eigenvalue weighted by atomic mass is 9.82. The Bertz CT molecular complexity index is 880. The van der Waals surface area contributed by atoms with Gasteiger partial charge in [0.15, 0.2) is 0 Å². The second-order valence-electron chi connectivity index (χ2n) is 6.93. The number of fused-ring (bicyclic) bond motifs is 1. The van der Waals surface area contributed by atoms with Crippen LogP contribution in [0.25, 0.3) is 10.9 Å². The standard InChI is InChI=1S/C18H20N4O3/c1-11-5-6-12-10-14(19-13(12)9-11)15(23)21-22-16(24)18(20-17(22)25)7-3-2-4-8-18/h5-6,9-10,19H,2-4,7-8H2,1H3,(H,20,25)(H,21,23). The van der Waals surface area contributed by atoms with Crippen LogP contribution in [-0.4, -0.2) is 33.4 Å². The third kappa shape index (κ3) is 2.56. The van der Waals surface area contributed by atoms with Crippen LogP contribution in [0.1, 0.15) is 48.2 Å². The van der Waals surface area contributed by atoms with Crippen molar-refractivity contribution in [3.63, 3.8) is 0 Å². The average molecular weight is 340 g/mol. The van der Waals surface area contributed by atoms with Gasteiger partial charge in [-0.25, -0.2) is 4.79 Å². The number of nitrogens with zero attached hydrogens (tertiary/aromatic N) is 1. The van der Waals surface area contributed by atoms with Crippen molar-refractivity contribution in [1.82, 2.24) is 20.7 Å². The third-order valence-corrected chi connectivity index (χ3v) is 5.10. The summed E-state index contributed by atoms with van der Waals surface area (Å²) in [5.74, 6) is -0.872. The molecule has 2 fully saturated rings. The molecule has 1 aliphatic carbocycles. The zero-order valence-electron chi connectivity index (χ0n) is 14.0. The number of amides is 4. The molecule has 4 rings (SSSR count). The second kappa shape index (κ2) is 5.61. The molecule has 0 bridgehead atoms. The van der Waals surface area contributed by atoms with Gasteiger partial charge in [-0.1, -0.05) is 31.4 Å². The minimum Gasteiger partial charge on any atom is -0.350 e. The molecule has 1 aliphatic heterocycles. The van der Waals surface area contributed by atoms with E-state index in [0.29, 0.717) is 18.5 Å². The molecule has 2 aliphatic rings. The Morgan fingerprint density at radius 2 is 1.92 bits per heavy atom. The summed E-state index contributed by atoms with van der Waals surface area (Å²) in [5, 5.41) is 4.50. The van der Waals surface area contributed by atoms with Gasteiger partial charge in [-0.05, 0) is 37.5 Å². The number of nitrogens with one attached hydrogen (secondary N) is 3. The largest absolute Gasteiger partial charge is 0.350 e. The Balaban J connectivity index is 1.55. The minimum absolute atomic E-state index is 0.311. The van der Waals surface area contributed by atoms with Crippen LogP contribution in [0.4, 0.5) is 4.79 Å². The summed E-state index contributed by atoms with van der Waals surface area (Å²) >= 11 is 0. The molecule has 25 heavy (non-hydrogen) atoms. The topological polar surface area (TPSA) is 94.3 Å². The molecular formula is C18H20N4O3. The lowest BCUT2D eigenvalue weighted by molar-refractivity contribution is -0.134. The Labute approximate surface area is 144 Å². The first-order chi connectivity index (χ1) is 12.0. The molecule has 2 aromatic rings. The zero-order chi connectivity index (χ0) is 17.6. The van der Waals surface area contributed by atoms with Crippen LogP contribution in [0.2, 0.25) is 0 Å². The molecule has 130 valence electrons. The fourth-order valence-corrected chi connectivity index (χ4v) is 3.74. The molecule has 0 unspecified atom stereocenters. The molecule has 1 spiro atoms. The van der Waals surface area contributed by atoms with E-state index in [1.807, 2.05) is 25.1 Å². The number of aromatic nitrogens is 1. The number of aromatic amines is 1. The smallest absolute Gasteiger partial charge is 0.344 e. The maximum Gasteiger partial charge on any atom is 0.344 e. The molecule has 1 aromatic carbocycles. The van der Waals surface area contributed by atoms with Gasteiger partial charge in [-0.15, -0.1) is 0 Å². The number of urea groups is 1. The maximum atomic E-state index is 12.7. The van der Waals surface area contributed by atoms with Crippen LogP contribution in [0.15, 0.2) is 24.3 Å². The number of benzene rings is 1. The summed E-state index contributed by atoms with van der Waals surface area (Å²) < 4.78 is 0. The quantitative estimate of drug-likeness (QED) is 0.733. The zero-order valence-corrected chi connectivity index (χ0v) is 14.0. The first-order valence-electron chi connectivity index (χ1n) is 8.56. The first-order valence-corrected chi connectivity index (χ1v) is 8.56. The van der Waals surface area contributed by atoms with Gasteiger partial charge in [0.25, 0.3) is 11.8 Å². The lowest BCUT2D eigenvalue weighted by Gasteiger charge is -2.30. The van der Waals surface area contributed by atoms with Crippen molar-refractivity contribution in [3.05, 3.63) is 35.5 Å². The monoisotopic (exact) mass is 340 g/mol. The summed E-state index contributed by atoms with van der Waals surface area (Å²) in [6, 6.07) is 6.97. The van der Waals surface area contributed by atoms with Crippen LogP contribution in [-0.2, 0) is 4.79 Å².